The predicted octanol–water partition coefficient (Wildman–Crippen LogP) is 5.19. The van der Waals surface area contributed by atoms with Crippen molar-refractivity contribution in [2.45, 2.75) is 57.2 Å². The fourth-order valence-electron chi connectivity index (χ4n) is 2.01. The summed E-state index contributed by atoms with van der Waals surface area (Å²) in [5, 5.41) is 10.3. The van der Waals surface area contributed by atoms with Crippen LogP contribution in [-0.4, -0.2) is 5.11 Å². The van der Waals surface area contributed by atoms with E-state index in [9.17, 15) is 5.11 Å². The molecule has 0 aliphatic heterocycles. The molecule has 0 aliphatic rings. The van der Waals surface area contributed by atoms with Gasteiger partial charge < -0.3 is 5.11 Å². The third-order valence-corrected chi connectivity index (χ3v) is 3.71. The van der Waals surface area contributed by atoms with Gasteiger partial charge >= 0.3 is 0 Å². The Bertz CT molecular complexity index is 323. The highest BCUT2D eigenvalue weighted by molar-refractivity contribution is 9.08. The van der Waals surface area contributed by atoms with Crippen molar-refractivity contribution in [3.8, 4) is 5.75 Å². The molecule has 17 heavy (non-hydrogen) atoms. The smallest absolute Gasteiger partial charge is 0.119 e. The van der Waals surface area contributed by atoms with Crippen molar-refractivity contribution >= 4 is 15.9 Å². The van der Waals surface area contributed by atoms with Gasteiger partial charge in [-0.15, -0.1) is 0 Å². The van der Waals surface area contributed by atoms with Crippen LogP contribution >= 0.6 is 15.9 Å². The van der Waals surface area contributed by atoms with Crippen LogP contribution in [0.3, 0.4) is 0 Å². The number of hydrogen-bond acceptors (Lipinski definition) is 1. The van der Waals surface area contributed by atoms with E-state index < -0.39 is 0 Å². The number of halogens is 1. The number of unbranched alkanes of at least 4 members (excludes halogenated alkanes) is 5. The van der Waals surface area contributed by atoms with Crippen molar-refractivity contribution in [2.24, 2.45) is 0 Å². The molecule has 0 bridgehead atoms. The van der Waals surface area contributed by atoms with Gasteiger partial charge in [-0.3, -0.25) is 0 Å². The molecule has 0 heterocycles. The highest BCUT2D eigenvalue weighted by Gasteiger charge is 2.01. The number of aryl methyl sites for hydroxylation is 1. The van der Waals surface area contributed by atoms with Gasteiger partial charge in [0.2, 0.25) is 0 Å². The third kappa shape index (κ3) is 5.58. The summed E-state index contributed by atoms with van der Waals surface area (Å²) in [5.41, 5.74) is 2.33. The Kier molecular flexibility index (Phi) is 7.34. The highest BCUT2D eigenvalue weighted by Crippen LogP contribution is 2.22. The van der Waals surface area contributed by atoms with Gasteiger partial charge in [0, 0.05) is 10.9 Å². The van der Waals surface area contributed by atoms with Crippen molar-refractivity contribution in [1.29, 1.82) is 0 Å². The fraction of sp³-hybridized carbons (Fsp3) is 0.600. The zero-order chi connectivity index (χ0) is 12.5. The molecule has 0 saturated carbocycles. The van der Waals surface area contributed by atoms with E-state index in [1.54, 1.807) is 0 Å². The van der Waals surface area contributed by atoms with Crippen molar-refractivity contribution in [2.75, 3.05) is 0 Å². The first-order chi connectivity index (χ1) is 8.27. The van der Waals surface area contributed by atoms with Gasteiger partial charge in [0.05, 0.1) is 0 Å². The topological polar surface area (TPSA) is 20.2 Å². The van der Waals surface area contributed by atoms with E-state index in [1.807, 2.05) is 12.1 Å². The minimum absolute atomic E-state index is 0.397. The SMILES string of the molecule is CCCCCCCCc1ccc(O)c(CBr)c1. The number of phenolic OH excluding ortho intramolecular Hbond substituents is 1. The molecule has 1 aromatic rings. The maximum Gasteiger partial charge on any atom is 0.119 e. The molecule has 0 unspecified atom stereocenters. The lowest BCUT2D eigenvalue weighted by Crippen LogP contribution is -1.89. The Morgan fingerprint density at radius 3 is 2.47 bits per heavy atom. The van der Waals surface area contributed by atoms with E-state index in [-0.39, 0.29) is 0 Å². The average Bonchev–Trinajstić information content (AvgIpc) is 2.35. The van der Waals surface area contributed by atoms with E-state index in [0.29, 0.717) is 5.75 Å². The second-order valence-electron chi connectivity index (χ2n) is 4.61. The molecule has 0 spiro atoms. The molecule has 0 aromatic heterocycles. The monoisotopic (exact) mass is 298 g/mol. The first-order valence-electron chi connectivity index (χ1n) is 6.64. The molecule has 1 rings (SSSR count). The van der Waals surface area contributed by atoms with Gasteiger partial charge in [-0.25, -0.2) is 0 Å². The minimum Gasteiger partial charge on any atom is -0.508 e. The lowest BCUT2D eigenvalue weighted by Gasteiger charge is -2.05. The second kappa shape index (κ2) is 8.57. The Morgan fingerprint density at radius 1 is 1.06 bits per heavy atom. The number of rotatable bonds is 8. The number of benzene rings is 1. The molecule has 0 saturated heterocycles. The van der Waals surface area contributed by atoms with Crippen LogP contribution in [0.1, 0.15) is 56.6 Å². The summed E-state index contributed by atoms with van der Waals surface area (Å²) in [4.78, 5) is 0. The maximum absolute atomic E-state index is 9.57. The Balaban J connectivity index is 2.27. The van der Waals surface area contributed by atoms with Crippen LogP contribution in [0.2, 0.25) is 0 Å². The van der Waals surface area contributed by atoms with Gasteiger partial charge in [-0.05, 0) is 24.5 Å². The molecule has 96 valence electrons. The molecule has 0 aliphatic carbocycles. The normalized spacial score (nSPS) is 10.7. The predicted molar refractivity (Wildman–Crippen MR) is 77.8 cm³/mol. The van der Waals surface area contributed by atoms with Gasteiger partial charge in [0.15, 0.2) is 0 Å². The molecule has 0 atom stereocenters. The van der Waals surface area contributed by atoms with E-state index in [1.165, 1.54) is 44.1 Å². The summed E-state index contributed by atoms with van der Waals surface area (Å²) in [6.45, 7) is 2.25. The third-order valence-electron chi connectivity index (χ3n) is 3.11. The largest absolute Gasteiger partial charge is 0.508 e. The first-order valence-corrected chi connectivity index (χ1v) is 7.76. The lowest BCUT2D eigenvalue weighted by atomic mass is 10.0. The van der Waals surface area contributed by atoms with Crippen molar-refractivity contribution in [1.82, 2.24) is 0 Å². The maximum atomic E-state index is 9.57. The number of alkyl halides is 1. The zero-order valence-corrected chi connectivity index (χ0v) is 12.3. The summed E-state index contributed by atoms with van der Waals surface area (Å²) in [7, 11) is 0. The average molecular weight is 299 g/mol. The van der Waals surface area contributed by atoms with Gasteiger partial charge in [0.1, 0.15) is 5.75 Å². The van der Waals surface area contributed by atoms with Crippen LogP contribution in [0.5, 0.6) is 5.75 Å². The van der Waals surface area contributed by atoms with E-state index in [2.05, 4.69) is 28.9 Å². The molecular formula is C15H23BrO. The van der Waals surface area contributed by atoms with Gasteiger partial charge in [0.25, 0.3) is 0 Å². The van der Waals surface area contributed by atoms with E-state index in [4.69, 9.17) is 0 Å². The van der Waals surface area contributed by atoms with Gasteiger partial charge in [-0.1, -0.05) is 67.1 Å². The summed E-state index contributed by atoms with van der Waals surface area (Å²) in [6, 6.07) is 5.95. The first kappa shape index (κ1) is 14.6. The quantitative estimate of drug-likeness (QED) is 0.517. The molecule has 0 fully saturated rings. The van der Waals surface area contributed by atoms with Crippen molar-refractivity contribution < 1.29 is 5.11 Å². The zero-order valence-electron chi connectivity index (χ0n) is 10.7. The summed E-state index contributed by atoms with van der Waals surface area (Å²) in [6.07, 6.45) is 9.13. The molecule has 2 heteroatoms. The molecule has 1 aromatic carbocycles. The summed E-state index contributed by atoms with van der Waals surface area (Å²) in [5.74, 6) is 0.397. The Morgan fingerprint density at radius 2 is 1.76 bits per heavy atom. The summed E-state index contributed by atoms with van der Waals surface area (Å²) >= 11 is 3.39. The molecule has 0 radical (unpaired) electrons. The van der Waals surface area contributed by atoms with E-state index >= 15 is 0 Å². The van der Waals surface area contributed by atoms with Crippen LogP contribution in [-0.2, 0) is 11.8 Å². The molecular weight excluding hydrogens is 276 g/mol. The fourth-order valence-corrected chi connectivity index (χ4v) is 2.46. The second-order valence-corrected chi connectivity index (χ2v) is 5.18. The highest BCUT2D eigenvalue weighted by atomic mass is 79.9. The number of hydrogen-bond donors (Lipinski definition) is 1. The molecule has 0 amide bonds. The van der Waals surface area contributed by atoms with Gasteiger partial charge in [-0.2, -0.15) is 0 Å². The molecule has 1 N–H and O–H groups in total. The molecule has 1 nitrogen and oxygen atoms in total. The van der Waals surface area contributed by atoms with Crippen molar-refractivity contribution in [3.63, 3.8) is 0 Å². The summed E-state index contributed by atoms with van der Waals surface area (Å²) < 4.78 is 0. The van der Waals surface area contributed by atoms with Crippen LogP contribution in [0, 0.1) is 0 Å². The van der Waals surface area contributed by atoms with Crippen LogP contribution < -0.4 is 0 Å². The number of phenols is 1. The number of aromatic hydroxyl groups is 1. The van der Waals surface area contributed by atoms with Crippen LogP contribution in [0.15, 0.2) is 18.2 Å². The standard InChI is InChI=1S/C15H23BrO/c1-2-3-4-5-6-7-8-13-9-10-15(17)14(11-13)12-16/h9-11,17H,2-8,12H2,1H3. The Hall–Kier alpha value is -0.500. The van der Waals surface area contributed by atoms with Crippen molar-refractivity contribution in [3.05, 3.63) is 29.3 Å². The van der Waals surface area contributed by atoms with Crippen LogP contribution in [0.4, 0.5) is 0 Å². The minimum atomic E-state index is 0.397. The lowest BCUT2D eigenvalue weighted by molar-refractivity contribution is 0.470. The Labute approximate surface area is 113 Å². The van der Waals surface area contributed by atoms with Crippen LogP contribution in [0.25, 0.3) is 0 Å². The van der Waals surface area contributed by atoms with E-state index in [0.717, 1.165) is 17.3 Å².